The highest BCUT2D eigenvalue weighted by atomic mass is 15.3. The van der Waals surface area contributed by atoms with Crippen molar-refractivity contribution in [1.29, 1.82) is 0 Å². The highest BCUT2D eigenvalue weighted by molar-refractivity contribution is 4.96. The molecule has 1 rings (SSSR count). The Morgan fingerprint density at radius 2 is 1.88 bits per heavy atom. The van der Waals surface area contributed by atoms with Crippen LogP contribution in [0.25, 0.3) is 0 Å². The van der Waals surface area contributed by atoms with E-state index < -0.39 is 0 Å². The second-order valence-electron chi connectivity index (χ2n) is 5.79. The van der Waals surface area contributed by atoms with Crippen LogP contribution in [0.1, 0.15) is 52.1 Å². The van der Waals surface area contributed by atoms with Crippen molar-refractivity contribution in [2.75, 3.05) is 6.54 Å². The predicted molar refractivity (Wildman–Crippen MR) is 73.2 cm³/mol. The molecule has 1 aromatic heterocycles. The monoisotopic (exact) mass is 237 g/mol. The summed E-state index contributed by atoms with van der Waals surface area (Å²) in [5.74, 6) is 0. The van der Waals surface area contributed by atoms with E-state index in [0.29, 0.717) is 0 Å². The third-order valence-corrected chi connectivity index (χ3v) is 2.88. The molecule has 3 nitrogen and oxygen atoms in total. The molecule has 0 aliphatic carbocycles. The summed E-state index contributed by atoms with van der Waals surface area (Å²) in [6.07, 6.45) is 6.99. The number of unbranched alkanes of at least 4 members (excludes halogenated alkanes) is 3. The molecule has 0 spiro atoms. The van der Waals surface area contributed by atoms with Gasteiger partial charge >= 0.3 is 0 Å². The number of aryl methyl sites for hydroxylation is 2. The molecule has 1 heterocycles. The second kappa shape index (κ2) is 6.80. The molecular weight excluding hydrogens is 210 g/mol. The Labute approximate surface area is 106 Å². The zero-order valence-electron chi connectivity index (χ0n) is 11.8. The third-order valence-electron chi connectivity index (χ3n) is 2.88. The molecule has 0 aromatic carbocycles. The third kappa shape index (κ3) is 6.47. The van der Waals surface area contributed by atoms with Gasteiger partial charge in [0.2, 0.25) is 0 Å². The maximum Gasteiger partial charge on any atom is 0.0492 e. The summed E-state index contributed by atoms with van der Waals surface area (Å²) in [5.41, 5.74) is 1.52. The average molecular weight is 237 g/mol. The van der Waals surface area contributed by atoms with E-state index in [2.05, 4.69) is 48.9 Å². The van der Waals surface area contributed by atoms with E-state index in [9.17, 15) is 0 Å². The summed E-state index contributed by atoms with van der Waals surface area (Å²) in [6.45, 7) is 10.9. The Kier molecular flexibility index (Phi) is 5.69. The first-order valence-electron chi connectivity index (χ1n) is 6.72. The van der Waals surface area contributed by atoms with E-state index in [-0.39, 0.29) is 5.54 Å². The van der Waals surface area contributed by atoms with Gasteiger partial charge in [0, 0.05) is 24.0 Å². The van der Waals surface area contributed by atoms with Gasteiger partial charge in [0.15, 0.2) is 0 Å². The van der Waals surface area contributed by atoms with Gasteiger partial charge in [0.05, 0.1) is 0 Å². The smallest absolute Gasteiger partial charge is 0.0492 e. The van der Waals surface area contributed by atoms with E-state index in [0.717, 1.165) is 13.1 Å². The predicted octanol–water partition coefficient (Wildman–Crippen LogP) is 3.14. The van der Waals surface area contributed by atoms with Crippen LogP contribution in [0, 0.1) is 6.92 Å². The van der Waals surface area contributed by atoms with Crippen LogP contribution in [-0.2, 0) is 6.54 Å². The standard InChI is InChI=1S/C14H27N3/c1-13-9-11-16-17(13)12-8-6-5-7-10-15-14(2,3)4/h9,11,15H,5-8,10,12H2,1-4H3. The molecule has 0 bridgehead atoms. The molecule has 3 heteroatoms. The van der Waals surface area contributed by atoms with Crippen LogP contribution in [0.3, 0.4) is 0 Å². The van der Waals surface area contributed by atoms with Gasteiger partial charge in [-0.3, -0.25) is 4.68 Å². The van der Waals surface area contributed by atoms with Crippen molar-refractivity contribution in [3.8, 4) is 0 Å². The van der Waals surface area contributed by atoms with Crippen LogP contribution in [-0.4, -0.2) is 21.9 Å². The van der Waals surface area contributed by atoms with Crippen molar-refractivity contribution in [2.24, 2.45) is 0 Å². The molecule has 17 heavy (non-hydrogen) atoms. The fourth-order valence-corrected chi connectivity index (χ4v) is 1.84. The fourth-order valence-electron chi connectivity index (χ4n) is 1.84. The molecule has 0 fully saturated rings. The maximum atomic E-state index is 4.29. The summed E-state index contributed by atoms with van der Waals surface area (Å²) in [4.78, 5) is 0. The van der Waals surface area contributed by atoms with Gasteiger partial charge < -0.3 is 5.32 Å². The van der Waals surface area contributed by atoms with Gasteiger partial charge in [-0.15, -0.1) is 0 Å². The van der Waals surface area contributed by atoms with E-state index in [1.807, 2.05) is 6.20 Å². The Morgan fingerprint density at radius 1 is 1.18 bits per heavy atom. The fraction of sp³-hybridized carbons (Fsp3) is 0.786. The Hall–Kier alpha value is -0.830. The lowest BCUT2D eigenvalue weighted by atomic mass is 10.1. The Bertz CT molecular complexity index is 310. The number of nitrogens with zero attached hydrogens (tertiary/aromatic N) is 2. The normalized spacial score (nSPS) is 12.0. The Morgan fingerprint density at radius 3 is 2.47 bits per heavy atom. The van der Waals surface area contributed by atoms with Crippen molar-refractivity contribution in [3.63, 3.8) is 0 Å². The van der Waals surface area contributed by atoms with Crippen LogP contribution >= 0.6 is 0 Å². The zero-order valence-corrected chi connectivity index (χ0v) is 11.8. The van der Waals surface area contributed by atoms with Crippen LogP contribution in [0.4, 0.5) is 0 Å². The van der Waals surface area contributed by atoms with Crippen LogP contribution in [0.5, 0.6) is 0 Å². The lowest BCUT2D eigenvalue weighted by molar-refractivity contribution is 0.414. The van der Waals surface area contributed by atoms with Crippen LogP contribution in [0.2, 0.25) is 0 Å². The van der Waals surface area contributed by atoms with Crippen LogP contribution in [0.15, 0.2) is 12.3 Å². The van der Waals surface area contributed by atoms with E-state index in [1.54, 1.807) is 0 Å². The number of hydrogen-bond acceptors (Lipinski definition) is 2. The van der Waals surface area contributed by atoms with Gasteiger partial charge in [0.1, 0.15) is 0 Å². The van der Waals surface area contributed by atoms with E-state index in [4.69, 9.17) is 0 Å². The molecule has 0 saturated heterocycles. The molecule has 0 aliphatic heterocycles. The molecule has 0 aliphatic rings. The van der Waals surface area contributed by atoms with Crippen LogP contribution < -0.4 is 5.32 Å². The van der Waals surface area contributed by atoms with Crippen molar-refractivity contribution in [1.82, 2.24) is 15.1 Å². The van der Waals surface area contributed by atoms with Crippen molar-refractivity contribution < 1.29 is 0 Å². The first-order chi connectivity index (χ1) is 7.99. The minimum Gasteiger partial charge on any atom is -0.312 e. The lowest BCUT2D eigenvalue weighted by Gasteiger charge is -2.20. The molecule has 1 N–H and O–H groups in total. The second-order valence-corrected chi connectivity index (χ2v) is 5.79. The molecule has 0 radical (unpaired) electrons. The minimum atomic E-state index is 0.256. The molecule has 0 saturated carbocycles. The summed E-state index contributed by atoms with van der Waals surface area (Å²) in [5, 5.41) is 7.80. The number of aromatic nitrogens is 2. The molecule has 0 atom stereocenters. The summed E-state index contributed by atoms with van der Waals surface area (Å²) >= 11 is 0. The number of rotatable bonds is 7. The molecule has 0 unspecified atom stereocenters. The topological polar surface area (TPSA) is 29.9 Å². The van der Waals surface area contributed by atoms with E-state index >= 15 is 0 Å². The number of nitrogens with one attached hydrogen (secondary N) is 1. The first kappa shape index (κ1) is 14.2. The van der Waals surface area contributed by atoms with Gasteiger partial charge in [-0.05, 0) is 53.1 Å². The Balaban J connectivity index is 1.97. The molecular formula is C14H27N3. The maximum absolute atomic E-state index is 4.29. The largest absolute Gasteiger partial charge is 0.312 e. The summed E-state index contributed by atoms with van der Waals surface area (Å²) < 4.78 is 2.09. The van der Waals surface area contributed by atoms with Gasteiger partial charge in [-0.25, -0.2) is 0 Å². The SMILES string of the molecule is Cc1ccnn1CCCCCCNC(C)(C)C. The van der Waals surface area contributed by atoms with Crippen molar-refractivity contribution >= 4 is 0 Å². The summed E-state index contributed by atoms with van der Waals surface area (Å²) in [6, 6.07) is 2.06. The zero-order chi connectivity index (χ0) is 12.7. The lowest BCUT2D eigenvalue weighted by Crippen LogP contribution is -2.36. The number of hydrogen-bond donors (Lipinski definition) is 1. The molecule has 1 aromatic rings. The highest BCUT2D eigenvalue weighted by Crippen LogP contribution is 2.05. The van der Waals surface area contributed by atoms with Gasteiger partial charge in [0.25, 0.3) is 0 Å². The van der Waals surface area contributed by atoms with Gasteiger partial charge in [-0.1, -0.05) is 12.8 Å². The quantitative estimate of drug-likeness (QED) is 0.738. The molecule has 98 valence electrons. The first-order valence-corrected chi connectivity index (χ1v) is 6.72. The molecule has 0 amide bonds. The average Bonchev–Trinajstić information content (AvgIpc) is 2.61. The van der Waals surface area contributed by atoms with Crippen molar-refractivity contribution in [3.05, 3.63) is 18.0 Å². The summed E-state index contributed by atoms with van der Waals surface area (Å²) in [7, 11) is 0. The minimum absolute atomic E-state index is 0.256. The highest BCUT2D eigenvalue weighted by Gasteiger charge is 2.06. The van der Waals surface area contributed by atoms with Crippen molar-refractivity contribution in [2.45, 2.75) is 65.5 Å². The van der Waals surface area contributed by atoms with Gasteiger partial charge in [-0.2, -0.15) is 5.10 Å². The van der Waals surface area contributed by atoms with E-state index in [1.165, 1.54) is 31.4 Å².